The van der Waals surface area contributed by atoms with Crippen molar-refractivity contribution < 1.29 is 36.6 Å². The van der Waals surface area contributed by atoms with Gasteiger partial charge in [0.15, 0.2) is 0 Å². The van der Waals surface area contributed by atoms with Gasteiger partial charge in [-0.1, -0.05) is 56.3 Å². The van der Waals surface area contributed by atoms with E-state index in [0.717, 1.165) is 16.7 Å². The molecule has 0 bridgehead atoms. The van der Waals surface area contributed by atoms with E-state index in [-0.39, 0.29) is 58.0 Å². The van der Waals surface area contributed by atoms with E-state index in [0.29, 0.717) is 18.7 Å². The monoisotopic (exact) mass is 791 g/mol. The number of anilines is 2. The van der Waals surface area contributed by atoms with E-state index in [4.69, 9.17) is 21.5 Å². The standard InChI is InChI=1S/C25H35N3O6S.C15H14N2O2S/c1-18(2)15-27(35(32,33)22-10-8-20(26)9-11-22)16-24(29)23(14-19-6-4-3-5-7-19)28(25(30)31)21-12-13-34-17-21;1-10-6-11(2)8-12(7-10)20(18,19)15-5-3-4-14(17)13(15)9-16/h3-11,18,21,23-24,29H,12-17,26H2,1-2H3,(H,30,31);3-8H,17H2,1-2H3/t21-,23-,24+;/m0./s1. The first-order valence-corrected chi connectivity index (χ1v) is 20.7. The van der Waals surface area contributed by atoms with Crippen LogP contribution in [0.1, 0.15) is 42.5 Å². The number of carboxylic acid groups (broad SMARTS) is 1. The van der Waals surface area contributed by atoms with Gasteiger partial charge < -0.3 is 26.4 Å². The first kappa shape index (κ1) is 42.8. The van der Waals surface area contributed by atoms with Crippen LogP contribution in [0.25, 0.3) is 0 Å². The summed E-state index contributed by atoms with van der Waals surface area (Å²) >= 11 is 0. The Kier molecular flexibility index (Phi) is 14.4. The van der Waals surface area contributed by atoms with Crippen molar-refractivity contribution in [3.63, 3.8) is 0 Å². The van der Waals surface area contributed by atoms with Crippen LogP contribution in [0, 0.1) is 31.1 Å². The van der Waals surface area contributed by atoms with Crippen LogP contribution in [0.15, 0.2) is 106 Å². The fourth-order valence-electron chi connectivity index (χ4n) is 6.49. The molecule has 0 aromatic heterocycles. The van der Waals surface area contributed by atoms with E-state index in [2.05, 4.69) is 0 Å². The number of nitrogen functional groups attached to an aromatic ring is 2. The van der Waals surface area contributed by atoms with Crippen LogP contribution >= 0.6 is 0 Å². The number of hydrogen-bond donors (Lipinski definition) is 4. The van der Waals surface area contributed by atoms with E-state index in [1.54, 1.807) is 12.1 Å². The molecule has 55 heavy (non-hydrogen) atoms. The molecule has 1 saturated heterocycles. The number of rotatable bonds is 13. The Morgan fingerprint density at radius 1 is 0.909 bits per heavy atom. The van der Waals surface area contributed by atoms with Crippen molar-refractivity contribution in [1.82, 2.24) is 9.21 Å². The Morgan fingerprint density at radius 2 is 1.55 bits per heavy atom. The molecule has 294 valence electrons. The van der Waals surface area contributed by atoms with Gasteiger partial charge in [-0.3, -0.25) is 4.90 Å². The molecule has 15 heteroatoms. The van der Waals surface area contributed by atoms with Crippen LogP contribution < -0.4 is 11.5 Å². The van der Waals surface area contributed by atoms with E-state index in [1.807, 2.05) is 70.2 Å². The number of ether oxygens (including phenoxy) is 1. The summed E-state index contributed by atoms with van der Waals surface area (Å²) in [5.41, 5.74) is 14.6. The summed E-state index contributed by atoms with van der Waals surface area (Å²) < 4.78 is 58.9. The van der Waals surface area contributed by atoms with Crippen molar-refractivity contribution in [3.05, 3.63) is 113 Å². The first-order chi connectivity index (χ1) is 25.9. The van der Waals surface area contributed by atoms with Gasteiger partial charge in [0, 0.05) is 25.4 Å². The highest BCUT2D eigenvalue weighted by Gasteiger charge is 2.39. The van der Waals surface area contributed by atoms with Gasteiger partial charge >= 0.3 is 6.09 Å². The summed E-state index contributed by atoms with van der Waals surface area (Å²) in [7, 11) is -7.70. The van der Waals surface area contributed by atoms with E-state index in [1.165, 1.54) is 51.7 Å². The van der Waals surface area contributed by atoms with Crippen molar-refractivity contribution in [1.29, 1.82) is 5.26 Å². The van der Waals surface area contributed by atoms with Crippen LogP contribution in [0.4, 0.5) is 16.2 Å². The number of hydrogen-bond acceptors (Lipinski definition) is 10. The number of amides is 1. The molecule has 1 amide bonds. The second-order valence-corrected chi connectivity index (χ2v) is 17.8. The third kappa shape index (κ3) is 10.8. The van der Waals surface area contributed by atoms with Crippen LogP contribution in [-0.4, -0.2) is 86.8 Å². The predicted molar refractivity (Wildman–Crippen MR) is 210 cm³/mol. The number of sulfonamides is 1. The minimum absolute atomic E-state index is 0.00772. The lowest BCUT2D eigenvalue weighted by molar-refractivity contribution is 0.0163. The average Bonchev–Trinajstić information content (AvgIpc) is 3.65. The van der Waals surface area contributed by atoms with Crippen molar-refractivity contribution in [2.24, 2.45) is 5.92 Å². The quantitative estimate of drug-likeness (QED) is 0.128. The summed E-state index contributed by atoms with van der Waals surface area (Å²) in [6, 6.07) is 25.3. The minimum atomic E-state index is -3.95. The predicted octanol–water partition coefficient (Wildman–Crippen LogP) is 5.25. The number of sulfone groups is 1. The molecule has 0 unspecified atom stereocenters. The number of aliphatic hydroxyl groups excluding tert-OH is 1. The zero-order valence-corrected chi connectivity index (χ0v) is 33.0. The zero-order chi connectivity index (χ0) is 40.5. The van der Waals surface area contributed by atoms with Crippen molar-refractivity contribution in [2.75, 3.05) is 37.8 Å². The van der Waals surface area contributed by atoms with Crippen LogP contribution in [0.2, 0.25) is 0 Å². The van der Waals surface area contributed by atoms with Crippen molar-refractivity contribution in [3.8, 4) is 6.07 Å². The van der Waals surface area contributed by atoms with Gasteiger partial charge in [0.05, 0.1) is 50.7 Å². The normalized spacial score (nSPS) is 15.5. The van der Waals surface area contributed by atoms with Crippen molar-refractivity contribution in [2.45, 2.75) is 73.4 Å². The largest absolute Gasteiger partial charge is 0.465 e. The first-order valence-electron chi connectivity index (χ1n) is 17.7. The Morgan fingerprint density at radius 3 is 2.09 bits per heavy atom. The minimum Gasteiger partial charge on any atom is -0.465 e. The molecule has 3 atom stereocenters. The number of carbonyl (C=O) groups is 1. The van der Waals surface area contributed by atoms with Gasteiger partial charge in [0.25, 0.3) is 0 Å². The Balaban J connectivity index is 0.000000284. The molecular weight excluding hydrogens is 743 g/mol. The van der Waals surface area contributed by atoms with Crippen LogP contribution in [-0.2, 0) is 31.0 Å². The summed E-state index contributed by atoms with van der Waals surface area (Å²) in [6.07, 6.45) is -1.68. The number of benzene rings is 4. The summed E-state index contributed by atoms with van der Waals surface area (Å²) in [5.74, 6) is -0.0165. The molecule has 6 N–H and O–H groups in total. The Hall–Kier alpha value is -4.98. The molecule has 0 radical (unpaired) electrons. The van der Waals surface area contributed by atoms with Gasteiger partial charge in [-0.15, -0.1) is 0 Å². The lowest BCUT2D eigenvalue weighted by atomic mass is 9.97. The molecule has 1 aliphatic heterocycles. The summed E-state index contributed by atoms with van der Waals surface area (Å²) in [4.78, 5) is 13.8. The van der Waals surface area contributed by atoms with Gasteiger partial charge in [0.2, 0.25) is 19.9 Å². The molecule has 0 spiro atoms. The number of nitrogens with two attached hydrogens (primary N) is 2. The highest BCUT2D eigenvalue weighted by Crippen LogP contribution is 2.29. The Bertz CT molecular complexity index is 2170. The topological polar surface area (TPSA) is 217 Å². The Labute approximate surface area is 323 Å². The molecule has 1 heterocycles. The fourth-order valence-corrected chi connectivity index (χ4v) is 9.74. The second-order valence-electron chi connectivity index (χ2n) is 14.0. The average molecular weight is 792 g/mol. The van der Waals surface area contributed by atoms with Crippen molar-refractivity contribution >= 4 is 37.3 Å². The third-order valence-electron chi connectivity index (χ3n) is 9.05. The van der Waals surface area contributed by atoms with Gasteiger partial charge in [0.1, 0.15) is 6.07 Å². The number of nitriles is 1. The highest BCUT2D eigenvalue weighted by molar-refractivity contribution is 7.91. The smallest absolute Gasteiger partial charge is 0.407 e. The molecular formula is C40H49N5O8S2. The lowest BCUT2D eigenvalue weighted by Gasteiger charge is -2.38. The van der Waals surface area contributed by atoms with E-state index in [9.17, 15) is 31.8 Å². The molecule has 13 nitrogen and oxygen atoms in total. The van der Waals surface area contributed by atoms with Gasteiger partial charge in [-0.05, 0) is 97.8 Å². The van der Waals surface area contributed by atoms with Crippen LogP contribution in [0.5, 0.6) is 0 Å². The molecule has 4 aromatic rings. The van der Waals surface area contributed by atoms with E-state index < -0.39 is 44.1 Å². The van der Waals surface area contributed by atoms with E-state index >= 15 is 0 Å². The van der Waals surface area contributed by atoms with Gasteiger partial charge in [-0.2, -0.15) is 9.57 Å². The number of nitrogens with zero attached hydrogens (tertiary/aromatic N) is 3. The maximum absolute atomic E-state index is 13.5. The molecule has 0 saturated carbocycles. The SMILES string of the molecule is CC(C)CN(C[C@@H](O)[C@H](Cc1ccccc1)N(C(=O)O)[C@H]1CCOC1)S(=O)(=O)c1ccc(N)cc1.Cc1cc(C)cc(S(=O)(=O)c2cccc(N)c2C#N)c1. The summed E-state index contributed by atoms with van der Waals surface area (Å²) in [5, 5.41) is 30.6. The second kappa shape index (κ2) is 18.6. The molecule has 0 aliphatic carbocycles. The highest BCUT2D eigenvalue weighted by atomic mass is 32.2. The van der Waals surface area contributed by atoms with Crippen LogP contribution in [0.3, 0.4) is 0 Å². The number of aryl methyl sites for hydroxylation is 2. The maximum atomic E-state index is 13.5. The third-order valence-corrected chi connectivity index (χ3v) is 12.7. The van der Waals surface area contributed by atoms with Gasteiger partial charge in [-0.25, -0.2) is 21.6 Å². The fraction of sp³-hybridized carbons (Fsp3) is 0.350. The zero-order valence-electron chi connectivity index (χ0n) is 31.4. The maximum Gasteiger partial charge on any atom is 0.407 e. The molecule has 1 aliphatic rings. The molecule has 5 rings (SSSR count). The number of aliphatic hydroxyl groups is 1. The molecule has 1 fully saturated rings. The molecule has 4 aromatic carbocycles. The lowest BCUT2D eigenvalue weighted by Crippen LogP contribution is -2.56. The summed E-state index contributed by atoms with van der Waals surface area (Å²) in [6.45, 7) is 8.03.